The van der Waals surface area contributed by atoms with E-state index in [9.17, 15) is 22.4 Å². The predicted octanol–water partition coefficient (Wildman–Crippen LogP) is 6.53. The van der Waals surface area contributed by atoms with Crippen LogP contribution >= 0.6 is 0 Å². The number of amides is 1. The number of aromatic nitrogens is 4. The molecule has 0 radical (unpaired) electrons. The van der Waals surface area contributed by atoms with E-state index >= 15 is 4.39 Å². The minimum Gasteiger partial charge on any atom is -0.481 e. The summed E-state index contributed by atoms with van der Waals surface area (Å²) in [7, 11) is 1.66. The van der Waals surface area contributed by atoms with Crippen LogP contribution in [-0.2, 0) is 9.53 Å². The summed E-state index contributed by atoms with van der Waals surface area (Å²) in [6.07, 6.45) is 0.849. The topological polar surface area (TPSA) is 109 Å². The molecule has 5 heterocycles. The Labute approximate surface area is 308 Å². The monoisotopic (exact) mass is 755 g/mol. The molecule has 1 saturated carbocycles. The highest BCUT2D eigenvalue weighted by Crippen LogP contribution is 2.53. The van der Waals surface area contributed by atoms with E-state index < -0.39 is 30.3 Å². The molecule has 11 nitrogen and oxygen atoms in total. The molecule has 16 heteroatoms. The van der Waals surface area contributed by atoms with E-state index in [1.54, 1.807) is 13.2 Å². The number of ether oxygens (including phenoxy) is 3. The molecule has 1 aliphatic carbocycles. The Morgan fingerprint density at radius 1 is 1.06 bits per heavy atom. The molecule has 1 N–H and O–H groups in total. The van der Waals surface area contributed by atoms with Crippen molar-refractivity contribution in [1.29, 1.82) is 0 Å². The van der Waals surface area contributed by atoms with E-state index in [1.165, 1.54) is 17.2 Å². The van der Waals surface area contributed by atoms with Crippen LogP contribution in [0.25, 0.3) is 32.9 Å². The zero-order valence-corrected chi connectivity index (χ0v) is 30.0. The highest BCUT2D eigenvalue weighted by Gasteiger charge is 2.47. The molecule has 54 heavy (non-hydrogen) atoms. The van der Waals surface area contributed by atoms with Gasteiger partial charge in [-0.1, -0.05) is 6.58 Å². The van der Waals surface area contributed by atoms with Crippen LogP contribution < -0.4 is 14.4 Å². The fourth-order valence-electron chi connectivity index (χ4n) is 8.22. The van der Waals surface area contributed by atoms with E-state index in [1.807, 2.05) is 6.07 Å². The van der Waals surface area contributed by atoms with Crippen LogP contribution in [0, 0.1) is 11.2 Å². The molecule has 1 amide bonds. The van der Waals surface area contributed by atoms with Crippen LogP contribution in [0.1, 0.15) is 50.0 Å². The molecular formula is C38H42F5N7O4. The second kappa shape index (κ2) is 14.3. The summed E-state index contributed by atoms with van der Waals surface area (Å²) in [4.78, 5) is 27.7. The van der Waals surface area contributed by atoms with Crippen LogP contribution in [0.4, 0.5) is 27.8 Å². The second-order valence-corrected chi connectivity index (χ2v) is 15.0. The molecule has 8 rings (SSSR count). The van der Waals surface area contributed by atoms with Crippen LogP contribution in [0.5, 0.6) is 11.8 Å². The molecule has 1 spiro atoms. The van der Waals surface area contributed by atoms with Crippen molar-refractivity contribution < 1.29 is 41.0 Å². The summed E-state index contributed by atoms with van der Waals surface area (Å²) in [6.45, 7) is 6.31. The Balaban J connectivity index is 1.23. The molecule has 3 saturated heterocycles. The molecule has 0 bridgehead atoms. The number of carbonyl (C=O) groups excluding carboxylic acids is 1. The van der Waals surface area contributed by atoms with Crippen molar-refractivity contribution in [3.8, 4) is 22.9 Å². The summed E-state index contributed by atoms with van der Waals surface area (Å²) < 4.78 is 89.0. The first kappa shape index (κ1) is 36.4. The van der Waals surface area contributed by atoms with E-state index in [0.29, 0.717) is 86.1 Å². The van der Waals surface area contributed by atoms with E-state index in [0.717, 1.165) is 32.5 Å². The number of hydrogen-bond donors (Lipinski definition) is 1. The second-order valence-electron chi connectivity index (χ2n) is 15.0. The van der Waals surface area contributed by atoms with Gasteiger partial charge >= 0.3 is 12.2 Å². The number of fused-ring (bicyclic) bond motifs is 2. The number of nitrogens with one attached hydrogen (secondary N) is 1. The molecule has 2 aromatic heterocycles. The van der Waals surface area contributed by atoms with Crippen molar-refractivity contribution in [3.05, 3.63) is 48.2 Å². The number of likely N-dealkylation sites (tertiary alicyclic amines) is 2. The van der Waals surface area contributed by atoms with Gasteiger partial charge in [-0.2, -0.15) is 28.2 Å². The van der Waals surface area contributed by atoms with Gasteiger partial charge in [-0.15, -0.1) is 0 Å². The van der Waals surface area contributed by atoms with Crippen molar-refractivity contribution in [2.24, 2.45) is 5.41 Å². The van der Waals surface area contributed by atoms with Crippen molar-refractivity contribution in [2.45, 2.75) is 56.7 Å². The lowest BCUT2D eigenvalue weighted by Gasteiger charge is -2.54. The Bertz CT molecular complexity index is 2060. The SMILES string of the molecule is C=C(F)C(=O)N1CC2(CCN(c3nc(OC4CCN(CCOC)CC4)nc4c(OCC(F)(F)F)c(-c5c(F)ccc6cn[nH]c56)c(C5CC5)cc34)CC2)C1. The van der Waals surface area contributed by atoms with Crippen molar-refractivity contribution in [3.63, 3.8) is 0 Å². The molecule has 0 unspecified atom stereocenters. The number of benzene rings is 2. The Morgan fingerprint density at radius 3 is 2.46 bits per heavy atom. The summed E-state index contributed by atoms with van der Waals surface area (Å²) in [5.41, 5.74) is 1.16. The number of hydrogen-bond acceptors (Lipinski definition) is 9. The first-order valence-corrected chi connectivity index (χ1v) is 18.4. The van der Waals surface area contributed by atoms with E-state index in [4.69, 9.17) is 24.2 Å². The third kappa shape index (κ3) is 7.17. The molecule has 0 atom stereocenters. The molecular weight excluding hydrogens is 713 g/mol. The number of aromatic amines is 1. The predicted molar refractivity (Wildman–Crippen MR) is 191 cm³/mol. The van der Waals surface area contributed by atoms with Gasteiger partial charge < -0.3 is 28.9 Å². The number of alkyl halides is 3. The number of methoxy groups -OCH3 is 1. The minimum atomic E-state index is -4.70. The van der Waals surface area contributed by atoms with Crippen LogP contribution in [0.3, 0.4) is 0 Å². The van der Waals surface area contributed by atoms with Crippen molar-refractivity contribution >= 4 is 33.5 Å². The van der Waals surface area contributed by atoms with Gasteiger partial charge in [0.15, 0.2) is 18.2 Å². The Hall–Kier alpha value is -4.57. The summed E-state index contributed by atoms with van der Waals surface area (Å²) >= 11 is 0. The average Bonchev–Trinajstić information content (AvgIpc) is 3.87. The maximum absolute atomic E-state index is 16.0. The average molecular weight is 756 g/mol. The van der Waals surface area contributed by atoms with E-state index in [2.05, 4.69) is 26.6 Å². The van der Waals surface area contributed by atoms with Crippen LogP contribution in [0.15, 0.2) is 36.8 Å². The Morgan fingerprint density at radius 2 is 1.80 bits per heavy atom. The fourth-order valence-corrected chi connectivity index (χ4v) is 8.22. The smallest absolute Gasteiger partial charge is 0.422 e. The lowest BCUT2D eigenvalue weighted by molar-refractivity contribution is -0.153. The van der Waals surface area contributed by atoms with Gasteiger partial charge in [-0.05, 0) is 68.2 Å². The summed E-state index contributed by atoms with van der Waals surface area (Å²) in [5.74, 6) is -2.08. The van der Waals surface area contributed by atoms with Gasteiger partial charge in [0, 0.05) is 80.2 Å². The summed E-state index contributed by atoms with van der Waals surface area (Å²) in [6, 6.07) is 4.72. The molecule has 4 fully saturated rings. The van der Waals surface area contributed by atoms with Gasteiger partial charge in [-0.3, -0.25) is 9.89 Å². The van der Waals surface area contributed by atoms with Crippen molar-refractivity contribution in [1.82, 2.24) is 30.0 Å². The van der Waals surface area contributed by atoms with Gasteiger partial charge in [-0.25, -0.2) is 8.78 Å². The van der Waals surface area contributed by atoms with Crippen LogP contribution in [0.2, 0.25) is 0 Å². The van der Waals surface area contributed by atoms with E-state index in [-0.39, 0.29) is 45.8 Å². The lowest BCUT2D eigenvalue weighted by atomic mass is 9.72. The van der Waals surface area contributed by atoms with Gasteiger partial charge in [0.1, 0.15) is 23.3 Å². The summed E-state index contributed by atoms with van der Waals surface area (Å²) in [5, 5.41) is 8.01. The highest BCUT2D eigenvalue weighted by molar-refractivity contribution is 6.05. The number of halogens is 5. The van der Waals surface area contributed by atoms with Gasteiger partial charge in [0.05, 0.1) is 18.3 Å². The molecule has 4 aliphatic rings. The molecule has 4 aromatic rings. The standard InChI is InChI=1S/C38H42F5N7O4/c1-22(39)35(51)50-19-37(20-50)9-13-49(14-10-37)34-27-17-26(23-3-4-23)29(30-28(40)6-5-24-18-44-47-31(24)30)33(53-21-38(41,42)43)32(27)45-36(46-34)54-25-7-11-48(12-8-25)15-16-52-2/h5-6,17-18,23,25H,1,3-4,7-16,19-21H2,2H3,(H,44,47). The molecule has 2 aromatic carbocycles. The third-order valence-corrected chi connectivity index (χ3v) is 11.3. The van der Waals surface area contributed by atoms with Gasteiger partial charge in [0.25, 0.3) is 5.91 Å². The number of anilines is 1. The lowest BCUT2D eigenvalue weighted by Crippen LogP contribution is -2.62. The highest BCUT2D eigenvalue weighted by atomic mass is 19.4. The minimum absolute atomic E-state index is 0.00259. The third-order valence-electron chi connectivity index (χ3n) is 11.3. The maximum atomic E-state index is 16.0. The van der Waals surface area contributed by atoms with Crippen molar-refractivity contribution in [2.75, 3.05) is 71.0 Å². The number of piperidine rings is 2. The normalized spacial score (nSPS) is 19.4. The number of nitrogens with zero attached hydrogens (tertiary/aromatic N) is 6. The maximum Gasteiger partial charge on any atom is 0.422 e. The largest absolute Gasteiger partial charge is 0.481 e. The Kier molecular flexibility index (Phi) is 9.61. The van der Waals surface area contributed by atoms with Gasteiger partial charge in [0.2, 0.25) is 0 Å². The molecule has 288 valence electrons. The zero-order chi connectivity index (χ0) is 37.8. The number of H-pyrrole nitrogens is 1. The quantitative estimate of drug-likeness (QED) is 0.135. The molecule has 3 aliphatic heterocycles. The van der Waals surface area contributed by atoms with Crippen LogP contribution in [-0.4, -0.2) is 114 Å². The number of rotatable bonds is 11. The zero-order valence-electron chi connectivity index (χ0n) is 30.0. The fraction of sp³-hybridized carbons (Fsp3) is 0.526. The first-order valence-electron chi connectivity index (χ1n) is 18.4. The first-order chi connectivity index (χ1) is 25.9. The number of carbonyl (C=O) groups is 1.